The Morgan fingerprint density at radius 3 is 2.72 bits per heavy atom. The lowest BCUT2D eigenvalue weighted by atomic mass is 10.1. The molecule has 0 radical (unpaired) electrons. The number of rotatable bonds is 1. The average molecular weight is 237 g/mol. The number of hydrogen-bond donors (Lipinski definition) is 0. The van der Waals surface area contributed by atoms with Crippen molar-refractivity contribution in [2.24, 2.45) is 4.99 Å². The molecule has 0 fully saturated rings. The first-order valence-electron chi connectivity index (χ1n) is 6.01. The summed E-state index contributed by atoms with van der Waals surface area (Å²) in [7, 11) is 0. The molecule has 0 aliphatic carbocycles. The lowest BCUT2D eigenvalue weighted by Gasteiger charge is -2.02. The van der Waals surface area contributed by atoms with Gasteiger partial charge < -0.3 is 9.15 Å². The molecule has 2 aromatic carbocycles. The molecule has 1 aliphatic heterocycles. The fraction of sp³-hybridized carbons (Fsp3) is 0.133. The smallest absolute Gasteiger partial charge is 0.217 e. The standard InChI is InChI=1S/C15H11NO2/c1-2-6-12-10(4-1)14-11(15-16-8-9-17-15)5-3-7-13(14)18-12/h1-7H,8-9H2. The number of nitrogens with zero attached hydrogens (tertiary/aromatic N) is 1. The van der Waals surface area contributed by atoms with Crippen LogP contribution in [-0.4, -0.2) is 19.0 Å². The number of aliphatic imine (C=N–C) groups is 1. The molecule has 2 heterocycles. The first-order chi connectivity index (χ1) is 8.93. The Balaban J connectivity index is 2.13. The van der Waals surface area contributed by atoms with Crippen LogP contribution in [0.3, 0.4) is 0 Å². The van der Waals surface area contributed by atoms with Crippen LogP contribution in [-0.2, 0) is 4.74 Å². The second kappa shape index (κ2) is 3.60. The number of ether oxygens (including phenoxy) is 1. The Morgan fingerprint density at radius 1 is 0.944 bits per heavy atom. The van der Waals surface area contributed by atoms with Crippen molar-refractivity contribution in [2.75, 3.05) is 13.2 Å². The van der Waals surface area contributed by atoms with Crippen molar-refractivity contribution < 1.29 is 9.15 Å². The van der Waals surface area contributed by atoms with Crippen LogP contribution in [0.1, 0.15) is 5.56 Å². The molecule has 88 valence electrons. The van der Waals surface area contributed by atoms with Crippen LogP contribution in [0.5, 0.6) is 0 Å². The van der Waals surface area contributed by atoms with Gasteiger partial charge >= 0.3 is 0 Å². The maximum absolute atomic E-state index is 5.84. The predicted octanol–water partition coefficient (Wildman–Crippen LogP) is 3.36. The molecule has 0 bridgehead atoms. The first kappa shape index (κ1) is 9.71. The maximum Gasteiger partial charge on any atom is 0.217 e. The molecular formula is C15H11NO2. The average Bonchev–Trinajstić information content (AvgIpc) is 3.05. The van der Waals surface area contributed by atoms with Crippen LogP contribution in [0, 0.1) is 0 Å². The van der Waals surface area contributed by atoms with E-state index in [0.29, 0.717) is 6.61 Å². The molecule has 1 aliphatic rings. The summed E-state index contributed by atoms with van der Waals surface area (Å²) in [6, 6.07) is 14.0. The van der Waals surface area contributed by atoms with Gasteiger partial charge in [0.05, 0.1) is 6.54 Å². The predicted molar refractivity (Wildman–Crippen MR) is 71.1 cm³/mol. The molecule has 1 aromatic heterocycles. The fourth-order valence-corrected chi connectivity index (χ4v) is 2.45. The van der Waals surface area contributed by atoms with E-state index in [0.717, 1.165) is 39.9 Å². The minimum Gasteiger partial charge on any atom is -0.475 e. The molecule has 0 atom stereocenters. The number of para-hydroxylation sites is 1. The van der Waals surface area contributed by atoms with E-state index in [9.17, 15) is 0 Å². The fourth-order valence-electron chi connectivity index (χ4n) is 2.45. The van der Waals surface area contributed by atoms with Gasteiger partial charge in [0.25, 0.3) is 0 Å². The number of hydrogen-bond acceptors (Lipinski definition) is 3. The van der Waals surface area contributed by atoms with Crippen LogP contribution in [0.15, 0.2) is 51.9 Å². The molecule has 0 amide bonds. The highest BCUT2D eigenvalue weighted by atomic mass is 16.5. The van der Waals surface area contributed by atoms with E-state index in [-0.39, 0.29) is 0 Å². The van der Waals surface area contributed by atoms with Crippen LogP contribution >= 0.6 is 0 Å². The summed E-state index contributed by atoms with van der Waals surface area (Å²) in [5.41, 5.74) is 2.81. The third-order valence-electron chi connectivity index (χ3n) is 3.22. The molecule has 0 saturated heterocycles. The highest BCUT2D eigenvalue weighted by Gasteiger charge is 2.17. The summed E-state index contributed by atoms with van der Waals surface area (Å²) in [5.74, 6) is 0.729. The van der Waals surface area contributed by atoms with Gasteiger partial charge in [-0.2, -0.15) is 0 Å². The van der Waals surface area contributed by atoms with Gasteiger partial charge in [-0.25, -0.2) is 4.99 Å². The minimum absolute atomic E-state index is 0.668. The number of fused-ring (bicyclic) bond motifs is 3. The van der Waals surface area contributed by atoms with Gasteiger partial charge in [-0.15, -0.1) is 0 Å². The first-order valence-corrected chi connectivity index (χ1v) is 6.01. The molecule has 3 nitrogen and oxygen atoms in total. The van der Waals surface area contributed by atoms with Gasteiger partial charge in [-0.05, 0) is 18.2 Å². The Morgan fingerprint density at radius 2 is 1.83 bits per heavy atom. The highest BCUT2D eigenvalue weighted by Crippen LogP contribution is 2.31. The molecule has 0 spiro atoms. The van der Waals surface area contributed by atoms with Gasteiger partial charge in [-0.1, -0.05) is 24.3 Å². The number of benzene rings is 2. The highest BCUT2D eigenvalue weighted by molar-refractivity contribution is 6.16. The molecular weight excluding hydrogens is 226 g/mol. The maximum atomic E-state index is 5.84. The van der Waals surface area contributed by atoms with Crippen LogP contribution in [0.4, 0.5) is 0 Å². The van der Waals surface area contributed by atoms with Gasteiger partial charge in [0, 0.05) is 16.3 Å². The zero-order valence-corrected chi connectivity index (χ0v) is 9.72. The number of furan rings is 1. The van der Waals surface area contributed by atoms with Crippen molar-refractivity contribution >= 4 is 27.8 Å². The molecule has 0 saturated carbocycles. The van der Waals surface area contributed by atoms with Crippen LogP contribution < -0.4 is 0 Å². The molecule has 0 N–H and O–H groups in total. The molecule has 18 heavy (non-hydrogen) atoms. The van der Waals surface area contributed by atoms with Gasteiger partial charge in [0.15, 0.2) is 0 Å². The molecule has 0 unspecified atom stereocenters. The van der Waals surface area contributed by atoms with E-state index in [1.165, 1.54) is 0 Å². The third kappa shape index (κ3) is 1.27. The van der Waals surface area contributed by atoms with Crippen LogP contribution in [0.25, 0.3) is 21.9 Å². The summed E-state index contributed by atoms with van der Waals surface area (Å²) in [4.78, 5) is 4.40. The topological polar surface area (TPSA) is 34.7 Å². The largest absolute Gasteiger partial charge is 0.475 e. The Kier molecular flexibility index (Phi) is 1.94. The van der Waals surface area contributed by atoms with Crippen molar-refractivity contribution in [3.05, 3.63) is 48.0 Å². The minimum atomic E-state index is 0.668. The Labute approximate surface area is 104 Å². The summed E-state index contributed by atoms with van der Waals surface area (Å²) >= 11 is 0. The zero-order chi connectivity index (χ0) is 11.9. The van der Waals surface area contributed by atoms with E-state index in [1.807, 2.05) is 36.4 Å². The van der Waals surface area contributed by atoms with E-state index in [2.05, 4.69) is 11.1 Å². The summed E-state index contributed by atoms with van der Waals surface area (Å²) in [6.07, 6.45) is 0. The Hall–Kier alpha value is -2.29. The summed E-state index contributed by atoms with van der Waals surface area (Å²) < 4.78 is 11.4. The van der Waals surface area contributed by atoms with Gasteiger partial charge in [0.2, 0.25) is 5.90 Å². The third-order valence-corrected chi connectivity index (χ3v) is 3.22. The van der Waals surface area contributed by atoms with Crippen molar-refractivity contribution in [1.82, 2.24) is 0 Å². The molecule has 4 rings (SSSR count). The van der Waals surface area contributed by atoms with E-state index in [4.69, 9.17) is 9.15 Å². The van der Waals surface area contributed by atoms with E-state index in [1.54, 1.807) is 0 Å². The van der Waals surface area contributed by atoms with E-state index < -0.39 is 0 Å². The molecule has 3 aromatic rings. The zero-order valence-electron chi connectivity index (χ0n) is 9.72. The summed E-state index contributed by atoms with van der Waals surface area (Å²) in [6.45, 7) is 1.41. The van der Waals surface area contributed by atoms with E-state index >= 15 is 0 Å². The van der Waals surface area contributed by atoms with Crippen molar-refractivity contribution in [2.45, 2.75) is 0 Å². The van der Waals surface area contributed by atoms with Gasteiger partial charge in [0.1, 0.15) is 17.8 Å². The monoisotopic (exact) mass is 237 g/mol. The van der Waals surface area contributed by atoms with Crippen molar-refractivity contribution in [1.29, 1.82) is 0 Å². The second-order valence-corrected chi connectivity index (χ2v) is 4.31. The lowest BCUT2D eigenvalue weighted by molar-refractivity contribution is 0.348. The molecule has 3 heteroatoms. The summed E-state index contributed by atoms with van der Waals surface area (Å²) in [5, 5.41) is 2.20. The van der Waals surface area contributed by atoms with Crippen molar-refractivity contribution in [3.8, 4) is 0 Å². The SMILES string of the molecule is c1ccc2c(c1)oc1cccc(C3=NCCO3)c12. The van der Waals surface area contributed by atoms with Gasteiger partial charge in [-0.3, -0.25) is 0 Å². The van der Waals surface area contributed by atoms with Crippen LogP contribution in [0.2, 0.25) is 0 Å². The van der Waals surface area contributed by atoms with Crippen molar-refractivity contribution in [3.63, 3.8) is 0 Å². The lowest BCUT2D eigenvalue weighted by Crippen LogP contribution is -2.01. The normalized spacial score (nSPS) is 15.0. The Bertz CT molecular complexity index is 770. The second-order valence-electron chi connectivity index (χ2n) is 4.31. The quantitative estimate of drug-likeness (QED) is 0.650.